The SMILES string of the molecule is [2H]c1c([2H])c(N(c2ccccc2)c2ccccc2)c([2H])c([2H])c1-c1ccc(-c2c([2H])c([2H])c(N(c3ccccc3)c3ccc4ccccc4c3-c3ccccc3)c([2H])c2[2H])cc1. The van der Waals surface area contributed by atoms with E-state index < -0.39 is 0 Å². The molecule has 0 heterocycles. The van der Waals surface area contributed by atoms with Crippen molar-refractivity contribution in [3.05, 3.63) is 230 Å². The second-order valence-corrected chi connectivity index (χ2v) is 12.7. The van der Waals surface area contributed by atoms with E-state index >= 15 is 0 Å². The zero-order valence-electron chi connectivity index (χ0n) is 37.2. The van der Waals surface area contributed by atoms with Gasteiger partial charge in [0.1, 0.15) is 0 Å². The molecule has 0 aromatic heterocycles. The molecule has 0 unspecified atom stereocenters. The minimum Gasteiger partial charge on any atom is -0.311 e. The average Bonchev–Trinajstić information content (AvgIpc) is 3.32. The Bertz CT molecular complexity index is 2990. The zero-order chi connectivity index (χ0) is 43.1. The minimum atomic E-state index is -0.229. The summed E-state index contributed by atoms with van der Waals surface area (Å²) in [5.41, 5.74) is 5.80. The van der Waals surface area contributed by atoms with Crippen LogP contribution in [0.1, 0.15) is 11.0 Å². The fourth-order valence-electron chi connectivity index (χ4n) is 6.81. The lowest BCUT2D eigenvalue weighted by Gasteiger charge is -2.29. The Morgan fingerprint density at radius 1 is 0.278 bits per heavy atom. The molecule has 0 aliphatic heterocycles. The molecule has 2 heteroatoms. The number of hydrogen-bond donors (Lipinski definition) is 0. The molecule has 54 heavy (non-hydrogen) atoms. The first-order valence-electron chi connectivity index (χ1n) is 21.8. The van der Waals surface area contributed by atoms with E-state index in [9.17, 15) is 8.22 Å². The largest absolute Gasteiger partial charge is 0.311 e. The molecule has 0 fully saturated rings. The summed E-state index contributed by atoms with van der Waals surface area (Å²) in [4.78, 5) is 3.53. The van der Waals surface area contributed by atoms with Gasteiger partial charge >= 0.3 is 0 Å². The van der Waals surface area contributed by atoms with Crippen molar-refractivity contribution in [3.8, 4) is 33.4 Å². The molecule has 0 radical (unpaired) electrons. The smallest absolute Gasteiger partial charge is 0.0645 e. The van der Waals surface area contributed by atoms with Crippen molar-refractivity contribution >= 4 is 44.9 Å². The van der Waals surface area contributed by atoms with Crippen LogP contribution in [-0.2, 0) is 0 Å². The third kappa shape index (κ3) is 6.53. The Kier molecular flexibility index (Phi) is 6.84. The Labute approximate surface area is 328 Å². The molecule has 0 spiro atoms. The molecule has 0 aliphatic rings. The van der Waals surface area contributed by atoms with E-state index in [0.717, 1.165) is 21.9 Å². The van der Waals surface area contributed by atoms with Crippen molar-refractivity contribution in [2.45, 2.75) is 0 Å². The lowest BCUT2D eigenvalue weighted by Crippen LogP contribution is -2.11. The fourth-order valence-corrected chi connectivity index (χ4v) is 6.81. The van der Waals surface area contributed by atoms with E-state index in [1.54, 1.807) is 29.2 Å². The molecule has 0 amide bonds. The first-order valence-corrected chi connectivity index (χ1v) is 17.8. The molecule has 0 atom stereocenters. The van der Waals surface area contributed by atoms with Crippen LogP contribution < -0.4 is 9.80 Å². The summed E-state index contributed by atoms with van der Waals surface area (Å²) in [6, 6.07) is 54.8. The monoisotopic (exact) mass is 698 g/mol. The zero-order valence-corrected chi connectivity index (χ0v) is 29.2. The lowest BCUT2D eigenvalue weighted by atomic mass is 9.95. The van der Waals surface area contributed by atoms with Crippen molar-refractivity contribution in [1.82, 2.24) is 0 Å². The molecule has 0 saturated carbocycles. The quantitative estimate of drug-likeness (QED) is 0.148. The maximum absolute atomic E-state index is 9.52. The van der Waals surface area contributed by atoms with E-state index in [4.69, 9.17) is 2.74 Å². The highest BCUT2D eigenvalue weighted by molar-refractivity contribution is 6.05. The molecule has 0 N–H and O–H groups in total. The van der Waals surface area contributed by atoms with Gasteiger partial charge in [-0.15, -0.1) is 0 Å². The number of hydrogen-bond acceptors (Lipinski definition) is 2. The first-order chi connectivity index (χ1) is 30.2. The second-order valence-electron chi connectivity index (χ2n) is 12.7. The third-order valence-electron chi connectivity index (χ3n) is 9.39. The normalized spacial score (nSPS) is 13.0. The molecular formula is C52H38N2. The summed E-state index contributed by atoms with van der Waals surface area (Å²) in [7, 11) is 0. The molecule has 0 saturated heterocycles. The van der Waals surface area contributed by atoms with Crippen LogP contribution >= 0.6 is 0 Å². The number of rotatable bonds is 9. The van der Waals surface area contributed by atoms with Crippen LogP contribution in [0.2, 0.25) is 0 Å². The molecule has 9 rings (SSSR count). The van der Waals surface area contributed by atoms with Gasteiger partial charge in [0.05, 0.1) is 16.7 Å². The maximum atomic E-state index is 9.52. The molecule has 0 aliphatic carbocycles. The van der Waals surface area contributed by atoms with Crippen LogP contribution in [-0.4, -0.2) is 0 Å². The van der Waals surface area contributed by atoms with Gasteiger partial charge in [-0.3, -0.25) is 0 Å². The Balaban J connectivity index is 1.16. The van der Waals surface area contributed by atoms with Crippen LogP contribution in [0.3, 0.4) is 0 Å². The van der Waals surface area contributed by atoms with Gasteiger partial charge in [0.15, 0.2) is 0 Å². The fraction of sp³-hybridized carbons (Fsp3) is 0. The van der Waals surface area contributed by atoms with Crippen molar-refractivity contribution in [2.24, 2.45) is 0 Å². The molecule has 9 aromatic carbocycles. The second kappa shape index (κ2) is 14.8. The maximum Gasteiger partial charge on any atom is 0.0645 e. The predicted octanol–water partition coefficient (Wildman–Crippen LogP) is 14.8. The first kappa shape index (κ1) is 24.9. The van der Waals surface area contributed by atoms with Crippen molar-refractivity contribution in [2.75, 3.05) is 9.80 Å². The van der Waals surface area contributed by atoms with Gasteiger partial charge in [-0.2, -0.15) is 0 Å². The average molecular weight is 699 g/mol. The minimum absolute atomic E-state index is 0.0985. The summed E-state index contributed by atoms with van der Waals surface area (Å²) < 4.78 is 74.5. The number of nitrogens with zero attached hydrogens (tertiary/aromatic N) is 2. The summed E-state index contributed by atoms with van der Waals surface area (Å²) in [6.07, 6.45) is 0. The van der Waals surface area contributed by atoms with Crippen molar-refractivity contribution < 1.29 is 11.0 Å². The highest BCUT2D eigenvalue weighted by Gasteiger charge is 2.19. The van der Waals surface area contributed by atoms with E-state index in [1.807, 2.05) is 163 Å². The third-order valence-corrected chi connectivity index (χ3v) is 9.39. The number of fused-ring (bicyclic) bond motifs is 1. The molecule has 0 bridgehead atoms. The van der Waals surface area contributed by atoms with Crippen molar-refractivity contribution in [1.29, 1.82) is 0 Å². The number of anilines is 6. The standard InChI is InChI=1S/C52H38N2/c1-5-16-44(17-6-1)52-50-24-14-13-15-43(50)33-38-51(52)54(47-22-11-4-12-23-47)49-36-31-42(32-37-49)40-27-25-39(26-28-40)41-29-34-48(35-30-41)53(45-18-7-2-8-19-45)46-20-9-3-10-21-46/h1-38H/i29D,30D,31D,32D,34D,35D,36D,37D. The van der Waals surface area contributed by atoms with Gasteiger partial charge in [0.2, 0.25) is 0 Å². The van der Waals surface area contributed by atoms with Crippen LogP contribution in [0.25, 0.3) is 44.2 Å². The highest BCUT2D eigenvalue weighted by Crippen LogP contribution is 2.44. The number of benzene rings is 9. The summed E-state index contributed by atoms with van der Waals surface area (Å²) in [5.74, 6) is 0. The van der Waals surface area contributed by atoms with Gasteiger partial charge < -0.3 is 9.80 Å². The van der Waals surface area contributed by atoms with Gasteiger partial charge in [0.25, 0.3) is 0 Å². The highest BCUT2D eigenvalue weighted by atomic mass is 15.1. The summed E-state index contributed by atoms with van der Waals surface area (Å²) in [6.45, 7) is 0. The van der Waals surface area contributed by atoms with Crippen molar-refractivity contribution in [3.63, 3.8) is 0 Å². The lowest BCUT2D eigenvalue weighted by molar-refractivity contribution is 1.28. The summed E-state index contributed by atoms with van der Waals surface area (Å²) >= 11 is 0. The molecular weight excluding hydrogens is 653 g/mol. The Morgan fingerprint density at radius 3 is 1.19 bits per heavy atom. The van der Waals surface area contributed by atoms with Crippen LogP contribution in [0.5, 0.6) is 0 Å². The number of para-hydroxylation sites is 3. The van der Waals surface area contributed by atoms with Crippen LogP contribution in [0.4, 0.5) is 34.1 Å². The van der Waals surface area contributed by atoms with E-state index in [-0.39, 0.29) is 70.8 Å². The van der Waals surface area contributed by atoms with Gasteiger partial charge in [-0.1, -0.05) is 164 Å². The predicted molar refractivity (Wildman–Crippen MR) is 230 cm³/mol. The molecule has 256 valence electrons. The topological polar surface area (TPSA) is 6.48 Å². The Hall–Kier alpha value is -7.16. The van der Waals surface area contributed by atoms with Gasteiger partial charge in [0, 0.05) is 34.0 Å². The van der Waals surface area contributed by atoms with Crippen LogP contribution in [0.15, 0.2) is 230 Å². The van der Waals surface area contributed by atoms with E-state index in [0.29, 0.717) is 33.9 Å². The molecule has 2 nitrogen and oxygen atoms in total. The van der Waals surface area contributed by atoms with Gasteiger partial charge in [-0.25, -0.2) is 0 Å². The van der Waals surface area contributed by atoms with E-state index in [2.05, 4.69) is 0 Å². The van der Waals surface area contributed by atoms with Crippen LogP contribution in [0, 0.1) is 0 Å². The summed E-state index contributed by atoms with van der Waals surface area (Å²) in [5, 5.41) is 2.00. The van der Waals surface area contributed by atoms with Gasteiger partial charge in [-0.05, 0) is 105 Å². The van der Waals surface area contributed by atoms with E-state index in [1.165, 1.54) is 0 Å². The molecule has 9 aromatic rings. The Morgan fingerprint density at radius 2 is 0.685 bits per heavy atom.